The van der Waals surface area contributed by atoms with Gasteiger partial charge in [-0.05, 0) is 30.4 Å². The number of carbonyl (C=O) groups excluding carboxylic acids is 1. The van der Waals surface area contributed by atoms with Gasteiger partial charge in [0.25, 0.3) is 0 Å². The molecule has 1 unspecified atom stereocenters. The van der Waals surface area contributed by atoms with Crippen LogP contribution in [0.1, 0.15) is 31.7 Å². The number of pyridine rings is 1. The Balaban J connectivity index is 2.48. The van der Waals surface area contributed by atoms with Crippen LogP contribution in [0.15, 0.2) is 36.7 Å². The lowest BCUT2D eigenvalue weighted by atomic mass is 9.92. The molecule has 0 fully saturated rings. The van der Waals surface area contributed by atoms with Crippen molar-refractivity contribution in [2.75, 3.05) is 6.61 Å². The Labute approximate surface area is 107 Å². The first-order chi connectivity index (χ1) is 8.77. The molecular weight excluding hydrogens is 226 g/mol. The molecule has 2 rings (SSSR count). The fourth-order valence-electron chi connectivity index (χ4n) is 2.20. The lowest BCUT2D eigenvalue weighted by Crippen LogP contribution is -2.15. The zero-order valence-corrected chi connectivity index (χ0v) is 10.7. The van der Waals surface area contributed by atoms with Crippen LogP contribution >= 0.6 is 0 Å². The summed E-state index contributed by atoms with van der Waals surface area (Å²) in [7, 11) is 0. The Bertz CT molecular complexity index is 546. The van der Waals surface area contributed by atoms with E-state index in [4.69, 9.17) is 4.74 Å². The summed E-state index contributed by atoms with van der Waals surface area (Å²) < 4.78 is 5.14. The summed E-state index contributed by atoms with van der Waals surface area (Å²) in [6.07, 6.45) is 4.30. The van der Waals surface area contributed by atoms with E-state index in [1.807, 2.05) is 44.3 Å². The molecular formula is C15H17NO2. The summed E-state index contributed by atoms with van der Waals surface area (Å²) in [5, 5.41) is 2.13. The molecule has 1 atom stereocenters. The molecule has 0 amide bonds. The first-order valence-corrected chi connectivity index (χ1v) is 6.27. The van der Waals surface area contributed by atoms with Gasteiger partial charge in [0.05, 0.1) is 12.5 Å². The third-order valence-corrected chi connectivity index (χ3v) is 3.07. The van der Waals surface area contributed by atoms with E-state index in [1.165, 1.54) is 0 Å². The highest BCUT2D eigenvalue weighted by molar-refractivity contribution is 5.90. The van der Waals surface area contributed by atoms with Crippen molar-refractivity contribution in [3.63, 3.8) is 0 Å². The highest BCUT2D eigenvalue weighted by atomic mass is 16.5. The first kappa shape index (κ1) is 12.6. The molecule has 0 radical (unpaired) electrons. The van der Waals surface area contributed by atoms with Gasteiger partial charge in [-0.15, -0.1) is 0 Å². The van der Waals surface area contributed by atoms with Crippen LogP contribution in [0.5, 0.6) is 0 Å². The minimum absolute atomic E-state index is 0.156. The number of benzene rings is 1. The van der Waals surface area contributed by atoms with Crippen molar-refractivity contribution in [1.82, 2.24) is 4.98 Å². The van der Waals surface area contributed by atoms with E-state index in [0.29, 0.717) is 6.61 Å². The van der Waals surface area contributed by atoms with Crippen LogP contribution < -0.4 is 0 Å². The highest BCUT2D eigenvalue weighted by Gasteiger charge is 2.21. The molecule has 0 N–H and O–H groups in total. The van der Waals surface area contributed by atoms with E-state index >= 15 is 0 Å². The Hall–Kier alpha value is -1.90. The SMILES string of the molecule is CCOC(=O)C(CC)c1cccc2ccncc12. The molecule has 0 aliphatic heterocycles. The molecule has 1 heterocycles. The fourth-order valence-corrected chi connectivity index (χ4v) is 2.20. The monoisotopic (exact) mass is 243 g/mol. The van der Waals surface area contributed by atoms with Gasteiger partial charge < -0.3 is 4.74 Å². The maximum atomic E-state index is 12.0. The summed E-state index contributed by atoms with van der Waals surface area (Å²) in [5.74, 6) is -0.366. The summed E-state index contributed by atoms with van der Waals surface area (Å²) in [4.78, 5) is 16.1. The van der Waals surface area contributed by atoms with Gasteiger partial charge in [0.15, 0.2) is 0 Å². The number of esters is 1. The Morgan fingerprint density at radius 2 is 2.17 bits per heavy atom. The second-order valence-corrected chi connectivity index (χ2v) is 4.16. The molecule has 1 aromatic carbocycles. The maximum absolute atomic E-state index is 12.0. The smallest absolute Gasteiger partial charge is 0.313 e. The molecule has 94 valence electrons. The minimum Gasteiger partial charge on any atom is -0.466 e. The van der Waals surface area contributed by atoms with Crippen LogP contribution in [0.4, 0.5) is 0 Å². The van der Waals surface area contributed by atoms with Crippen molar-refractivity contribution in [2.24, 2.45) is 0 Å². The predicted octanol–water partition coefficient (Wildman–Crippen LogP) is 3.29. The average molecular weight is 243 g/mol. The molecule has 0 saturated heterocycles. The number of aromatic nitrogens is 1. The molecule has 3 nitrogen and oxygen atoms in total. The van der Waals surface area contributed by atoms with E-state index in [2.05, 4.69) is 4.98 Å². The maximum Gasteiger partial charge on any atom is 0.313 e. The summed E-state index contributed by atoms with van der Waals surface area (Å²) in [5.41, 5.74) is 1.00. The van der Waals surface area contributed by atoms with Gasteiger partial charge in [0, 0.05) is 17.8 Å². The topological polar surface area (TPSA) is 39.2 Å². The van der Waals surface area contributed by atoms with Gasteiger partial charge in [0.1, 0.15) is 0 Å². The zero-order chi connectivity index (χ0) is 13.0. The van der Waals surface area contributed by atoms with Crippen molar-refractivity contribution in [3.8, 4) is 0 Å². The van der Waals surface area contributed by atoms with Crippen molar-refractivity contribution < 1.29 is 9.53 Å². The van der Waals surface area contributed by atoms with E-state index in [1.54, 1.807) is 6.20 Å². The number of hydrogen-bond donors (Lipinski definition) is 0. The lowest BCUT2D eigenvalue weighted by Gasteiger charge is -2.15. The van der Waals surface area contributed by atoms with Crippen LogP contribution in [-0.4, -0.2) is 17.6 Å². The van der Waals surface area contributed by atoms with Crippen LogP contribution in [0.25, 0.3) is 10.8 Å². The number of ether oxygens (including phenoxy) is 1. The molecule has 0 spiro atoms. The quantitative estimate of drug-likeness (QED) is 0.773. The lowest BCUT2D eigenvalue weighted by molar-refractivity contribution is -0.145. The second-order valence-electron chi connectivity index (χ2n) is 4.16. The molecule has 1 aromatic heterocycles. The Kier molecular flexibility index (Phi) is 3.92. The number of carbonyl (C=O) groups is 1. The third-order valence-electron chi connectivity index (χ3n) is 3.07. The molecule has 0 aliphatic carbocycles. The predicted molar refractivity (Wildman–Crippen MR) is 71.4 cm³/mol. The van der Waals surface area contributed by atoms with Crippen molar-refractivity contribution in [2.45, 2.75) is 26.2 Å². The molecule has 18 heavy (non-hydrogen) atoms. The van der Waals surface area contributed by atoms with E-state index in [0.717, 1.165) is 22.8 Å². The van der Waals surface area contributed by atoms with Gasteiger partial charge in [-0.3, -0.25) is 9.78 Å². The minimum atomic E-state index is -0.210. The second kappa shape index (κ2) is 5.63. The Morgan fingerprint density at radius 3 is 2.89 bits per heavy atom. The largest absolute Gasteiger partial charge is 0.466 e. The van der Waals surface area contributed by atoms with Crippen LogP contribution in [0.3, 0.4) is 0 Å². The molecule has 0 aliphatic rings. The number of hydrogen-bond acceptors (Lipinski definition) is 3. The molecule has 3 heteroatoms. The van der Waals surface area contributed by atoms with Gasteiger partial charge >= 0.3 is 5.97 Å². The van der Waals surface area contributed by atoms with Crippen molar-refractivity contribution in [3.05, 3.63) is 42.2 Å². The van der Waals surface area contributed by atoms with Gasteiger partial charge in [-0.1, -0.05) is 25.1 Å². The van der Waals surface area contributed by atoms with Gasteiger partial charge in [-0.2, -0.15) is 0 Å². The number of nitrogens with zero attached hydrogens (tertiary/aromatic N) is 1. The fraction of sp³-hybridized carbons (Fsp3) is 0.333. The molecule has 2 aromatic rings. The van der Waals surface area contributed by atoms with Gasteiger partial charge in [0.2, 0.25) is 0 Å². The molecule has 0 saturated carbocycles. The first-order valence-electron chi connectivity index (χ1n) is 6.27. The number of rotatable bonds is 4. The number of fused-ring (bicyclic) bond motifs is 1. The normalized spacial score (nSPS) is 12.3. The summed E-state index contributed by atoms with van der Waals surface area (Å²) in [6, 6.07) is 7.93. The molecule has 0 bridgehead atoms. The van der Waals surface area contributed by atoms with Crippen LogP contribution in [0, 0.1) is 0 Å². The van der Waals surface area contributed by atoms with Crippen LogP contribution in [-0.2, 0) is 9.53 Å². The van der Waals surface area contributed by atoms with E-state index < -0.39 is 0 Å². The van der Waals surface area contributed by atoms with Crippen molar-refractivity contribution in [1.29, 1.82) is 0 Å². The van der Waals surface area contributed by atoms with E-state index in [9.17, 15) is 4.79 Å². The van der Waals surface area contributed by atoms with Crippen molar-refractivity contribution >= 4 is 16.7 Å². The van der Waals surface area contributed by atoms with E-state index in [-0.39, 0.29) is 11.9 Å². The average Bonchev–Trinajstić information content (AvgIpc) is 2.40. The van der Waals surface area contributed by atoms with Crippen LogP contribution in [0.2, 0.25) is 0 Å². The van der Waals surface area contributed by atoms with Gasteiger partial charge in [-0.25, -0.2) is 0 Å². The summed E-state index contributed by atoms with van der Waals surface area (Å²) >= 11 is 0. The highest BCUT2D eigenvalue weighted by Crippen LogP contribution is 2.28. The standard InChI is InChI=1S/C15H17NO2/c1-3-12(15(17)18-4-2)13-7-5-6-11-8-9-16-10-14(11)13/h5-10,12H,3-4H2,1-2H3. The zero-order valence-electron chi connectivity index (χ0n) is 10.7. The summed E-state index contributed by atoms with van der Waals surface area (Å²) in [6.45, 7) is 4.24. The Morgan fingerprint density at radius 1 is 1.33 bits per heavy atom. The third kappa shape index (κ3) is 2.35.